The van der Waals surface area contributed by atoms with Gasteiger partial charge in [-0.1, -0.05) is 5.16 Å². The summed E-state index contributed by atoms with van der Waals surface area (Å²) >= 11 is 0. The van der Waals surface area contributed by atoms with E-state index in [0.717, 1.165) is 0 Å². The van der Waals surface area contributed by atoms with E-state index in [2.05, 4.69) is 10.1 Å². The van der Waals surface area contributed by atoms with Crippen molar-refractivity contribution >= 4 is 0 Å². The third-order valence-electron chi connectivity index (χ3n) is 1.87. The molecule has 1 aromatic heterocycles. The van der Waals surface area contributed by atoms with E-state index in [9.17, 15) is 0 Å². The molecule has 0 aliphatic rings. The highest BCUT2D eigenvalue weighted by atomic mass is 16.5. The van der Waals surface area contributed by atoms with Crippen molar-refractivity contribution in [2.24, 2.45) is 5.73 Å². The predicted octanol–water partition coefficient (Wildman–Crippen LogP) is 0.971. The Kier molecular flexibility index (Phi) is 2.68. The number of nitrogens with two attached hydrogens (primary N) is 1. The van der Waals surface area contributed by atoms with Crippen molar-refractivity contribution in [2.75, 3.05) is 7.11 Å². The van der Waals surface area contributed by atoms with E-state index in [1.807, 2.05) is 13.8 Å². The smallest absolute Gasteiger partial charge is 0.258 e. The fourth-order valence-electron chi connectivity index (χ4n) is 0.752. The van der Waals surface area contributed by atoms with Crippen LogP contribution in [0.2, 0.25) is 0 Å². The molecule has 0 fully saturated rings. The van der Waals surface area contributed by atoms with E-state index in [4.69, 9.17) is 15.0 Å². The first kappa shape index (κ1) is 10.1. The molecule has 74 valence electrons. The van der Waals surface area contributed by atoms with Gasteiger partial charge in [-0.2, -0.15) is 4.98 Å². The summed E-state index contributed by atoms with van der Waals surface area (Å²) in [6, 6.07) is -0.217. The van der Waals surface area contributed by atoms with E-state index in [-0.39, 0.29) is 6.04 Å². The number of rotatable bonds is 3. The van der Waals surface area contributed by atoms with Crippen LogP contribution in [-0.2, 0) is 10.3 Å². The van der Waals surface area contributed by atoms with E-state index in [1.54, 1.807) is 14.0 Å². The fourth-order valence-corrected chi connectivity index (χ4v) is 0.752. The molecule has 1 aromatic rings. The molecule has 0 spiro atoms. The van der Waals surface area contributed by atoms with Gasteiger partial charge in [0.05, 0.1) is 6.04 Å². The van der Waals surface area contributed by atoms with Crippen molar-refractivity contribution in [3.05, 3.63) is 11.7 Å². The molecule has 1 unspecified atom stereocenters. The largest absolute Gasteiger partial charge is 0.369 e. The van der Waals surface area contributed by atoms with Gasteiger partial charge >= 0.3 is 0 Å². The number of nitrogens with zero attached hydrogens (tertiary/aromatic N) is 2. The van der Waals surface area contributed by atoms with Crippen LogP contribution < -0.4 is 5.73 Å². The topological polar surface area (TPSA) is 74.2 Å². The molecular formula is C8H15N3O2. The summed E-state index contributed by atoms with van der Waals surface area (Å²) in [5, 5.41) is 3.74. The van der Waals surface area contributed by atoms with E-state index >= 15 is 0 Å². The van der Waals surface area contributed by atoms with Crippen LogP contribution in [0.5, 0.6) is 0 Å². The predicted molar refractivity (Wildman–Crippen MR) is 46.9 cm³/mol. The van der Waals surface area contributed by atoms with Crippen molar-refractivity contribution in [2.45, 2.75) is 32.4 Å². The summed E-state index contributed by atoms with van der Waals surface area (Å²) in [5.41, 5.74) is 5.03. The quantitative estimate of drug-likeness (QED) is 0.759. The first-order valence-corrected chi connectivity index (χ1v) is 4.12. The summed E-state index contributed by atoms with van der Waals surface area (Å²) in [6.07, 6.45) is 0. The third-order valence-corrected chi connectivity index (χ3v) is 1.87. The molecule has 0 aromatic carbocycles. The molecule has 5 nitrogen and oxygen atoms in total. The SMILES string of the molecule is COC(C)(C)c1nc(C(C)N)no1. The van der Waals surface area contributed by atoms with Crippen LogP contribution in [0.15, 0.2) is 4.52 Å². The number of methoxy groups -OCH3 is 1. The summed E-state index contributed by atoms with van der Waals surface area (Å²) in [5.74, 6) is 0.947. The van der Waals surface area contributed by atoms with Crippen molar-refractivity contribution in [1.29, 1.82) is 0 Å². The molecule has 1 heterocycles. The molecule has 5 heteroatoms. The van der Waals surface area contributed by atoms with E-state index < -0.39 is 5.60 Å². The van der Waals surface area contributed by atoms with Crippen molar-refractivity contribution in [3.63, 3.8) is 0 Å². The third kappa shape index (κ3) is 2.05. The minimum absolute atomic E-state index is 0.217. The molecule has 0 radical (unpaired) electrons. The molecule has 0 aliphatic heterocycles. The zero-order valence-electron chi connectivity index (χ0n) is 8.37. The Morgan fingerprint density at radius 2 is 2.15 bits per heavy atom. The van der Waals surface area contributed by atoms with Crippen molar-refractivity contribution in [3.8, 4) is 0 Å². The summed E-state index contributed by atoms with van der Waals surface area (Å²) in [7, 11) is 1.59. The lowest BCUT2D eigenvalue weighted by Crippen LogP contribution is -2.20. The van der Waals surface area contributed by atoms with Gasteiger partial charge in [0.1, 0.15) is 5.60 Å². The second kappa shape index (κ2) is 3.43. The van der Waals surface area contributed by atoms with Crippen LogP contribution in [0, 0.1) is 0 Å². The molecule has 1 rings (SSSR count). The zero-order chi connectivity index (χ0) is 10.1. The number of hydrogen-bond acceptors (Lipinski definition) is 5. The molecule has 0 saturated heterocycles. The van der Waals surface area contributed by atoms with Gasteiger partial charge in [-0.25, -0.2) is 0 Å². The van der Waals surface area contributed by atoms with Gasteiger partial charge < -0.3 is 15.0 Å². The van der Waals surface area contributed by atoms with Gasteiger partial charge in [0.15, 0.2) is 5.82 Å². The van der Waals surface area contributed by atoms with Crippen LogP contribution in [-0.4, -0.2) is 17.3 Å². The molecule has 0 saturated carbocycles. The first-order valence-electron chi connectivity index (χ1n) is 4.12. The Balaban J connectivity index is 2.91. The molecule has 0 aliphatic carbocycles. The number of ether oxygens (including phenoxy) is 1. The van der Waals surface area contributed by atoms with Crippen molar-refractivity contribution < 1.29 is 9.26 Å². The van der Waals surface area contributed by atoms with Crippen molar-refractivity contribution in [1.82, 2.24) is 10.1 Å². The monoisotopic (exact) mass is 185 g/mol. The minimum atomic E-state index is -0.555. The standard InChI is InChI=1S/C8H15N3O2/c1-5(9)6-10-7(13-11-6)8(2,3)12-4/h5H,9H2,1-4H3. The lowest BCUT2D eigenvalue weighted by atomic mass is 10.1. The van der Waals surface area contributed by atoms with E-state index in [1.165, 1.54) is 0 Å². The molecule has 2 N–H and O–H groups in total. The van der Waals surface area contributed by atoms with Gasteiger partial charge in [0.25, 0.3) is 5.89 Å². The second-order valence-electron chi connectivity index (χ2n) is 3.46. The maximum atomic E-state index is 5.59. The lowest BCUT2D eigenvalue weighted by Gasteiger charge is -2.16. The zero-order valence-corrected chi connectivity index (χ0v) is 8.37. The Hall–Kier alpha value is -0.940. The van der Waals surface area contributed by atoms with Crippen LogP contribution >= 0.6 is 0 Å². The van der Waals surface area contributed by atoms with Crippen LogP contribution in [0.3, 0.4) is 0 Å². The highest BCUT2D eigenvalue weighted by molar-refractivity contribution is 4.97. The molecule has 0 bridgehead atoms. The number of aromatic nitrogens is 2. The highest BCUT2D eigenvalue weighted by Crippen LogP contribution is 2.22. The second-order valence-corrected chi connectivity index (χ2v) is 3.46. The average molecular weight is 185 g/mol. The Morgan fingerprint density at radius 1 is 1.54 bits per heavy atom. The van der Waals surface area contributed by atoms with Crippen LogP contribution in [0.4, 0.5) is 0 Å². The molecular weight excluding hydrogens is 170 g/mol. The minimum Gasteiger partial charge on any atom is -0.369 e. The summed E-state index contributed by atoms with van der Waals surface area (Å²) in [6.45, 7) is 5.51. The maximum absolute atomic E-state index is 5.59. The Labute approximate surface area is 77.3 Å². The fraction of sp³-hybridized carbons (Fsp3) is 0.750. The van der Waals surface area contributed by atoms with Gasteiger partial charge in [0.2, 0.25) is 0 Å². The van der Waals surface area contributed by atoms with Gasteiger partial charge in [-0.05, 0) is 20.8 Å². The van der Waals surface area contributed by atoms with Gasteiger partial charge in [-0.3, -0.25) is 0 Å². The first-order chi connectivity index (χ1) is 5.97. The van der Waals surface area contributed by atoms with Crippen LogP contribution in [0.25, 0.3) is 0 Å². The van der Waals surface area contributed by atoms with Crippen LogP contribution in [0.1, 0.15) is 38.5 Å². The summed E-state index contributed by atoms with van der Waals surface area (Å²) < 4.78 is 10.2. The normalized spacial score (nSPS) is 14.5. The molecule has 1 atom stereocenters. The van der Waals surface area contributed by atoms with E-state index in [0.29, 0.717) is 11.7 Å². The average Bonchev–Trinajstić information content (AvgIpc) is 2.52. The summed E-state index contributed by atoms with van der Waals surface area (Å²) in [4.78, 5) is 4.12. The highest BCUT2D eigenvalue weighted by Gasteiger charge is 2.27. The Morgan fingerprint density at radius 3 is 2.54 bits per heavy atom. The van der Waals surface area contributed by atoms with Gasteiger partial charge in [-0.15, -0.1) is 0 Å². The maximum Gasteiger partial charge on any atom is 0.258 e. The number of hydrogen-bond donors (Lipinski definition) is 1. The van der Waals surface area contributed by atoms with Gasteiger partial charge in [0, 0.05) is 7.11 Å². The lowest BCUT2D eigenvalue weighted by molar-refractivity contribution is -0.00786. The Bertz CT molecular complexity index is 281. The molecule has 13 heavy (non-hydrogen) atoms. The molecule has 0 amide bonds.